The number of carbonyl (C=O) groups is 1. The van der Waals surface area contributed by atoms with Crippen molar-refractivity contribution in [2.24, 2.45) is 28.8 Å². The molecule has 4 aromatic rings. The first-order valence-corrected chi connectivity index (χ1v) is 25.2. The third-order valence-corrected chi connectivity index (χ3v) is 15.1. The minimum atomic E-state index is -1.49. The average Bonchev–Trinajstić information content (AvgIpc) is 3.89. The van der Waals surface area contributed by atoms with E-state index in [0.29, 0.717) is 53.7 Å². The number of aliphatic hydroxyl groups is 2. The molecule has 1 amide bonds. The Morgan fingerprint density at radius 3 is 2.31 bits per heavy atom. The van der Waals surface area contributed by atoms with E-state index < -0.39 is 22.7 Å². The first-order chi connectivity index (χ1) is 34.0. The van der Waals surface area contributed by atoms with Crippen molar-refractivity contribution in [3.8, 4) is 17.2 Å². The molecule has 0 unspecified atom stereocenters. The zero-order valence-corrected chi connectivity index (χ0v) is 40.6. The maximum atomic E-state index is 15.3. The van der Waals surface area contributed by atoms with Gasteiger partial charge in [0.25, 0.3) is 5.69 Å². The second-order valence-electron chi connectivity index (χ2n) is 19.7. The van der Waals surface area contributed by atoms with Gasteiger partial charge in [-0.3, -0.25) is 14.9 Å². The van der Waals surface area contributed by atoms with Gasteiger partial charge in [0.05, 0.1) is 23.2 Å². The number of oxime groups is 1. The minimum Gasteiger partial charge on any atom is -0.459 e. The number of hydrogen-bond donors (Lipinski definition) is 2. The van der Waals surface area contributed by atoms with Crippen LogP contribution in [0.4, 0.5) is 10.1 Å². The van der Waals surface area contributed by atoms with E-state index in [1.807, 2.05) is 35.2 Å². The van der Waals surface area contributed by atoms with Crippen molar-refractivity contribution in [3.63, 3.8) is 0 Å². The molecular weight excluding hydrogens is 890 g/mol. The fraction of sp³-hybridized carbons (Fsp3) is 0.474. The molecule has 4 aromatic carbocycles. The van der Waals surface area contributed by atoms with Gasteiger partial charge in [0.15, 0.2) is 0 Å². The van der Waals surface area contributed by atoms with Crippen LogP contribution in [0.5, 0.6) is 17.2 Å². The summed E-state index contributed by atoms with van der Waals surface area (Å²) in [7, 11) is 0. The normalized spacial score (nSPS) is 23.2. The summed E-state index contributed by atoms with van der Waals surface area (Å²) in [5, 5.41) is 36.5. The zero-order valence-electron chi connectivity index (χ0n) is 40.6. The molecule has 13 heteroatoms. The number of fused-ring (bicyclic) bond motifs is 2. The Labute approximate surface area is 411 Å². The Kier molecular flexibility index (Phi) is 16.8. The standard InChI is InChI=1S/C57H68FN3O9/c1-4-31-67-57-53(60(36-41-16-21-44(58)22-17-41)54(64)28-20-40-11-5-6-12-40)35-51(59-68-37-42-18-23-45(24-19-42)61(65)66)49-33-43(13-7-9-29-62)48(14-8-10-30-63)55(56(49)57)50-34-47(26-27-52(50)70-57)69-46-25-15-38(2)39(3)32-46/h4,15-19,21-27,32-34,40,43,48,53,55-56,62-63H,1,5-14,20,28-31,35-37H2,2-3H3/t43-,48+,53-,55+,56+,57+/m0/s1. The molecule has 6 atom stereocenters. The molecule has 2 saturated carbocycles. The molecule has 0 bridgehead atoms. The third-order valence-electron chi connectivity index (χ3n) is 15.1. The van der Waals surface area contributed by atoms with Crippen LogP contribution in [-0.4, -0.2) is 63.3 Å². The molecule has 372 valence electrons. The van der Waals surface area contributed by atoms with Gasteiger partial charge >= 0.3 is 0 Å². The van der Waals surface area contributed by atoms with Crippen LogP contribution >= 0.6 is 0 Å². The van der Waals surface area contributed by atoms with E-state index in [9.17, 15) is 24.7 Å². The molecule has 8 rings (SSSR count). The van der Waals surface area contributed by atoms with Gasteiger partial charge < -0.3 is 34.2 Å². The first kappa shape index (κ1) is 50.5. The van der Waals surface area contributed by atoms with Crippen LogP contribution in [0.2, 0.25) is 0 Å². The molecule has 3 aliphatic carbocycles. The summed E-state index contributed by atoms with van der Waals surface area (Å²) in [6.07, 6.45) is 14.1. The van der Waals surface area contributed by atoms with Crippen LogP contribution in [-0.2, 0) is 27.5 Å². The van der Waals surface area contributed by atoms with Gasteiger partial charge in [0.2, 0.25) is 11.7 Å². The van der Waals surface area contributed by atoms with Crippen molar-refractivity contribution in [1.29, 1.82) is 0 Å². The van der Waals surface area contributed by atoms with Crippen molar-refractivity contribution in [1.82, 2.24) is 4.90 Å². The van der Waals surface area contributed by atoms with Gasteiger partial charge in [-0.05, 0) is 146 Å². The molecule has 2 fully saturated rings. The Balaban J connectivity index is 1.32. The monoisotopic (exact) mass is 957 g/mol. The number of nitro groups is 1. The number of aliphatic hydroxyl groups excluding tert-OH is 2. The Bertz CT molecular complexity index is 2510. The van der Waals surface area contributed by atoms with Gasteiger partial charge in [-0.15, -0.1) is 6.58 Å². The first-order valence-electron chi connectivity index (χ1n) is 25.2. The molecule has 4 aliphatic rings. The number of carbonyl (C=O) groups excluding carboxylic acids is 1. The number of rotatable bonds is 23. The van der Waals surface area contributed by atoms with Crippen molar-refractivity contribution in [3.05, 3.63) is 153 Å². The fourth-order valence-corrected chi connectivity index (χ4v) is 11.5. The fourth-order valence-electron chi connectivity index (χ4n) is 11.5. The molecule has 12 nitrogen and oxygen atoms in total. The highest BCUT2D eigenvalue weighted by Crippen LogP contribution is 2.62. The molecule has 0 spiro atoms. The molecule has 0 aromatic heterocycles. The highest BCUT2D eigenvalue weighted by atomic mass is 19.1. The van der Waals surface area contributed by atoms with E-state index in [1.165, 1.54) is 24.3 Å². The second kappa shape index (κ2) is 23.3. The lowest BCUT2D eigenvalue weighted by atomic mass is 9.55. The number of aryl methyl sites for hydroxylation is 2. The van der Waals surface area contributed by atoms with Crippen LogP contribution in [0.3, 0.4) is 0 Å². The number of nitrogens with zero attached hydrogens (tertiary/aromatic N) is 3. The Morgan fingerprint density at radius 1 is 0.914 bits per heavy atom. The summed E-state index contributed by atoms with van der Waals surface area (Å²) in [4.78, 5) is 34.4. The number of non-ortho nitro benzene ring substituents is 1. The number of amides is 1. The van der Waals surface area contributed by atoms with Crippen molar-refractivity contribution < 1.29 is 43.4 Å². The Hall–Kier alpha value is -5.89. The van der Waals surface area contributed by atoms with E-state index >= 15 is 4.79 Å². The summed E-state index contributed by atoms with van der Waals surface area (Å²) in [5.74, 6) is -0.345. The summed E-state index contributed by atoms with van der Waals surface area (Å²) in [6, 6.07) is 23.6. The number of ether oxygens (including phenoxy) is 3. The predicted octanol–water partition coefficient (Wildman–Crippen LogP) is 12.0. The number of unbranched alkanes of at least 4 members (excludes halogenated alkanes) is 2. The number of hydrogen-bond acceptors (Lipinski definition) is 10. The lowest BCUT2D eigenvalue weighted by Crippen LogP contribution is -2.70. The highest BCUT2D eigenvalue weighted by molar-refractivity contribution is 6.03. The maximum absolute atomic E-state index is 15.3. The smallest absolute Gasteiger partial charge is 0.269 e. The average molecular weight is 958 g/mol. The van der Waals surface area contributed by atoms with Crippen molar-refractivity contribution in [2.75, 3.05) is 19.8 Å². The molecular formula is C57H68FN3O9. The molecule has 0 saturated heterocycles. The van der Waals surface area contributed by atoms with E-state index in [2.05, 4.69) is 32.6 Å². The zero-order chi connectivity index (χ0) is 49.2. The van der Waals surface area contributed by atoms with Gasteiger partial charge in [-0.1, -0.05) is 74.0 Å². The number of allylic oxidation sites excluding steroid dienone is 1. The largest absolute Gasteiger partial charge is 0.459 e. The van der Waals surface area contributed by atoms with E-state index in [0.717, 1.165) is 85.6 Å². The Morgan fingerprint density at radius 2 is 1.61 bits per heavy atom. The predicted molar refractivity (Wildman–Crippen MR) is 267 cm³/mol. The van der Waals surface area contributed by atoms with Crippen LogP contribution in [0.1, 0.15) is 117 Å². The second-order valence-corrected chi connectivity index (χ2v) is 19.7. The van der Waals surface area contributed by atoms with Crippen LogP contribution < -0.4 is 9.47 Å². The molecule has 70 heavy (non-hydrogen) atoms. The SMILES string of the molecule is C=CCO[C@@]12Oc3ccc(Oc4ccc(C)c(C)c4)cc3[C@H]3[C@H](CCCCO)[C@@H](CCCCO)C=C(C(=NOCc4ccc([N+](=O)[O-])cc4)C[C@@H]1N(Cc1ccc(F)cc1)C(=O)CCC1CCCC1)[C@H]32. The molecule has 1 heterocycles. The lowest BCUT2D eigenvalue weighted by Gasteiger charge is -2.60. The third kappa shape index (κ3) is 11.5. The van der Waals surface area contributed by atoms with E-state index in [1.54, 1.807) is 30.3 Å². The number of halogens is 1. The van der Waals surface area contributed by atoms with Gasteiger partial charge in [0, 0.05) is 56.2 Å². The number of nitro benzene ring substituents is 1. The van der Waals surface area contributed by atoms with Crippen molar-refractivity contribution in [2.45, 2.75) is 128 Å². The van der Waals surface area contributed by atoms with E-state index in [-0.39, 0.29) is 74.6 Å². The molecule has 2 N–H and O–H groups in total. The summed E-state index contributed by atoms with van der Waals surface area (Å²) in [6.45, 7) is 8.63. The minimum absolute atomic E-state index is 0.00476. The van der Waals surface area contributed by atoms with Crippen LogP contribution in [0.25, 0.3) is 0 Å². The summed E-state index contributed by atoms with van der Waals surface area (Å²) in [5.41, 5.74) is 6.12. The molecule has 0 radical (unpaired) electrons. The van der Waals surface area contributed by atoms with Crippen LogP contribution in [0, 0.1) is 53.5 Å². The maximum Gasteiger partial charge on any atom is 0.269 e. The highest BCUT2D eigenvalue weighted by Gasteiger charge is 2.65. The lowest BCUT2D eigenvalue weighted by molar-refractivity contribution is -0.384. The van der Waals surface area contributed by atoms with Crippen LogP contribution in [0.15, 0.2) is 114 Å². The summed E-state index contributed by atoms with van der Waals surface area (Å²) < 4.78 is 35.8. The van der Waals surface area contributed by atoms with Gasteiger partial charge in [-0.25, -0.2) is 4.39 Å². The van der Waals surface area contributed by atoms with E-state index in [4.69, 9.17) is 24.2 Å². The summed E-state index contributed by atoms with van der Waals surface area (Å²) >= 11 is 0. The quantitative estimate of drug-likeness (QED) is 0.0320. The van der Waals surface area contributed by atoms with Gasteiger partial charge in [0.1, 0.15) is 35.7 Å². The van der Waals surface area contributed by atoms with Gasteiger partial charge in [-0.2, -0.15) is 0 Å². The number of benzene rings is 4. The van der Waals surface area contributed by atoms with Crippen molar-refractivity contribution >= 4 is 17.3 Å². The molecule has 1 aliphatic heterocycles. The topological polar surface area (TPSA) is 153 Å².